The SMILES string of the molecule is CN(Cc1cccc(C#CCO)c1)C(=O)C1CCC(=O)N1. The van der Waals surface area contributed by atoms with Crippen molar-refractivity contribution in [3.8, 4) is 11.8 Å². The summed E-state index contributed by atoms with van der Waals surface area (Å²) in [4.78, 5) is 25.0. The van der Waals surface area contributed by atoms with Crippen molar-refractivity contribution < 1.29 is 14.7 Å². The van der Waals surface area contributed by atoms with Crippen molar-refractivity contribution in [3.05, 3.63) is 35.4 Å². The van der Waals surface area contributed by atoms with E-state index in [0.29, 0.717) is 19.4 Å². The van der Waals surface area contributed by atoms with Crippen LogP contribution in [0.4, 0.5) is 0 Å². The van der Waals surface area contributed by atoms with Gasteiger partial charge in [0.25, 0.3) is 0 Å². The summed E-state index contributed by atoms with van der Waals surface area (Å²) in [5.74, 6) is 5.29. The summed E-state index contributed by atoms with van der Waals surface area (Å²) in [5, 5.41) is 11.4. The van der Waals surface area contributed by atoms with Crippen LogP contribution in [0.5, 0.6) is 0 Å². The van der Waals surface area contributed by atoms with Crippen LogP contribution in [0.15, 0.2) is 24.3 Å². The van der Waals surface area contributed by atoms with Gasteiger partial charge in [-0.2, -0.15) is 0 Å². The molecule has 2 rings (SSSR count). The Balaban J connectivity index is 2.00. The van der Waals surface area contributed by atoms with Gasteiger partial charge in [-0.25, -0.2) is 0 Å². The fourth-order valence-corrected chi connectivity index (χ4v) is 2.31. The maximum atomic E-state index is 12.2. The van der Waals surface area contributed by atoms with Crippen LogP contribution in [-0.4, -0.2) is 41.5 Å². The molecular formula is C16H18N2O3. The average molecular weight is 286 g/mol. The molecule has 1 unspecified atom stereocenters. The lowest BCUT2D eigenvalue weighted by Crippen LogP contribution is -2.42. The molecule has 1 heterocycles. The zero-order chi connectivity index (χ0) is 15.2. The number of likely N-dealkylation sites (N-methyl/N-ethyl adjacent to an activating group) is 1. The van der Waals surface area contributed by atoms with Gasteiger partial charge < -0.3 is 15.3 Å². The van der Waals surface area contributed by atoms with Gasteiger partial charge in [-0.15, -0.1) is 0 Å². The van der Waals surface area contributed by atoms with Crippen molar-refractivity contribution in [2.24, 2.45) is 0 Å². The van der Waals surface area contributed by atoms with E-state index in [1.165, 1.54) is 0 Å². The second kappa shape index (κ2) is 6.91. The van der Waals surface area contributed by atoms with Crippen molar-refractivity contribution in [1.82, 2.24) is 10.2 Å². The third-order valence-corrected chi connectivity index (χ3v) is 3.33. The van der Waals surface area contributed by atoms with Gasteiger partial charge in [-0.05, 0) is 24.1 Å². The molecule has 2 N–H and O–H groups in total. The molecule has 1 aromatic rings. The maximum absolute atomic E-state index is 12.2. The van der Waals surface area contributed by atoms with Crippen molar-refractivity contribution >= 4 is 11.8 Å². The van der Waals surface area contributed by atoms with Crippen LogP contribution in [-0.2, 0) is 16.1 Å². The van der Waals surface area contributed by atoms with E-state index < -0.39 is 6.04 Å². The van der Waals surface area contributed by atoms with Crippen LogP contribution in [0.1, 0.15) is 24.0 Å². The number of amides is 2. The molecule has 5 heteroatoms. The zero-order valence-corrected chi connectivity index (χ0v) is 11.9. The van der Waals surface area contributed by atoms with E-state index >= 15 is 0 Å². The lowest BCUT2D eigenvalue weighted by atomic mass is 10.1. The summed E-state index contributed by atoms with van der Waals surface area (Å²) in [6.07, 6.45) is 0.973. The predicted molar refractivity (Wildman–Crippen MR) is 78.0 cm³/mol. The van der Waals surface area contributed by atoms with Crippen LogP contribution in [0.2, 0.25) is 0 Å². The molecule has 21 heavy (non-hydrogen) atoms. The third-order valence-electron chi connectivity index (χ3n) is 3.33. The number of aliphatic hydroxyl groups is 1. The lowest BCUT2D eigenvalue weighted by Gasteiger charge is -2.21. The number of nitrogens with one attached hydrogen (secondary N) is 1. The Labute approximate surface area is 124 Å². The van der Waals surface area contributed by atoms with E-state index in [2.05, 4.69) is 17.2 Å². The van der Waals surface area contributed by atoms with E-state index in [1.807, 2.05) is 24.3 Å². The quantitative estimate of drug-likeness (QED) is 0.784. The molecular weight excluding hydrogens is 268 g/mol. The normalized spacial score (nSPS) is 16.9. The Kier molecular flexibility index (Phi) is 4.96. The molecule has 0 spiro atoms. The van der Waals surface area contributed by atoms with E-state index in [4.69, 9.17) is 5.11 Å². The Morgan fingerprint density at radius 1 is 1.52 bits per heavy atom. The fraction of sp³-hybridized carbons (Fsp3) is 0.375. The Hall–Kier alpha value is -2.32. The standard InChI is InChI=1S/C16H18N2O3/c1-18(16(21)14-7-8-15(20)17-14)11-13-5-2-4-12(10-13)6-3-9-19/h2,4-5,10,14,19H,7-9,11H2,1H3,(H,17,20). The minimum absolute atomic E-state index is 0.0666. The van der Waals surface area contributed by atoms with Gasteiger partial charge in [-0.3, -0.25) is 9.59 Å². The van der Waals surface area contributed by atoms with Gasteiger partial charge in [0.2, 0.25) is 11.8 Å². The van der Waals surface area contributed by atoms with Gasteiger partial charge >= 0.3 is 0 Å². The molecule has 110 valence electrons. The van der Waals surface area contributed by atoms with Crippen LogP contribution >= 0.6 is 0 Å². The number of hydrogen-bond acceptors (Lipinski definition) is 3. The van der Waals surface area contributed by atoms with Crippen LogP contribution in [0.3, 0.4) is 0 Å². The van der Waals surface area contributed by atoms with Gasteiger partial charge in [0.1, 0.15) is 12.6 Å². The highest BCUT2D eigenvalue weighted by molar-refractivity contribution is 5.90. The monoisotopic (exact) mass is 286 g/mol. The molecule has 1 atom stereocenters. The smallest absolute Gasteiger partial charge is 0.245 e. The summed E-state index contributed by atoms with van der Waals surface area (Å²) < 4.78 is 0. The van der Waals surface area contributed by atoms with Crippen LogP contribution < -0.4 is 5.32 Å². The lowest BCUT2D eigenvalue weighted by molar-refractivity contribution is -0.133. The number of aliphatic hydroxyl groups excluding tert-OH is 1. The first-order chi connectivity index (χ1) is 10.1. The van der Waals surface area contributed by atoms with Gasteiger partial charge in [0.15, 0.2) is 0 Å². The van der Waals surface area contributed by atoms with E-state index in [1.54, 1.807) is 11.9 Å². The van der Waals surface area contributed by atoms with E-state index in [9.17, 15) is 9.59 Å². The highest BCUT2D eigenvalue weighted by atomic mass is 16.2. The van der Waals surface area contributed by atoms with Crippen molar-refractivity contribution in [2.45, 2.75) is 25.4 Å². The second-order valence-corrected chi connectivity index (χ2v) is 5.01. The van der Waals surface area contributed by atoms with Gasteiger partial charge in [0.05, 0.1) is 0 Å². The van der Waals surface area contributed by atoms with Crippen LogP contribution in [0.25, 0.3) is 0 Å². The summed E-state index contributed by atoms with van der Waals surface area (Å²) in [6, 6.07) is 7.12. The molecule has 5 nitrogen and oxygen atoms in total. The molecule has 1 aliphatic heterocycles. The highest BCUT2D eigenvalue weighted by Gasteiger charge is 2.29. The summed E-state index contributed by atoms with van der Waals surface area (Å²) in [7, 11) is 1.72. The zero-order valence-electron chi connectivity index (χ0n) is 11.9. The number of nitrogens with zero attached hydrogens (tertiary/aromatic N) is 1. The van der Waals surface area contributed by atoms with Crippen molar-refractivity contribution in [1.29, 1.82) is 0 Å². The summed E-state index contributed by atoms with van der Waals surface area (Å²) in [6.45, 7) is 0.282. The Bertz CT molecular complexity index is 601. The average Bonchev–Trinajstić information content (AvgIpc) is 2.91. The first-order valence-corrected chi connectivity index (χ1v) is 6.83. The Morgan fingerprint density at radius 2 is 2.33 bits per heavy atom. The molecule has 0 radical (unpaired) electrons. The van der Waals surface area contributed by atoms with Gasteiger partial charge in [-0.1, -0.05) is 24.0 Å². The predicted octanol–water partition coefficient (Wildman–Crippen LogP) is 0.267. The number of rotatable bonds is 3. The number of carbonyl (C=O) groups is 2. The van der Waals surface area contributed by atoms with Crippen LogP contribution in [0, 0.1) is 11.8 Å². The fourth-order valence-electron chi connectivity index (χ4n) is 2.31. The third kappa shape index (κ3) is 4.07. The molecule has 1 aliphatic rings. The summed E-state index contributed by atoms with van der Waals surface area (Å²) in [5.41, 5.74) is 1.76. The van der Waals surface area contributed by atoms with Crippen molar-refractivity contribution in [2.75, 3.05) is 13.7 Å². The molecule has 1 aromatic carbocycles. The number of benzene rings is 1. The first-order valence-electron chi connectivity index (χ1n) is 6.83. The second-order valence-electron chi connectivity index (χ2n) is 5.01. The van der Waals surface area contributed by atoms with Crippen molar-refractivity contribution in [3.63, 3.8) is 0 Å². The molecule has 0 aromatic heterocycles. The molecule has 0 saturated carbocycles. The molecule has 0 bridgehead atoms. The first kappa shape index (κ1) is 15.1. The number of hydrogen-bond donors (Lipinski definition) is 2. The minimum Gasteiger partial charge on any atom is -0.384 e. The van der Waals surface area contributed by atoms with E-state index in [-0.39, 0.29) is 18.4 Å². The minimum atomic E-state index is -0.403. The highest BCUT2D eigenvalue weighted by Crippen LogP contribution is 2.12. The largest absolute Gasteiger partial charge is 0.384 e. The Morgan fingerprint density at radius 3 is 3.00 bits per heavy atom. The molecule has 2 amide bonds. The number of carbonyl (C=O) groups excluding carboxylic acids is 2. The topological polar surface area (TPSA) is 69.6 Å². The molecule has 1 fully saturated rings. The molecule has 1 saturated heterocycles. The maximum Gasteiger partial charge on any atom is 0.245 e. The summed E-state index contributed by atoms with van der Waals surface area (Å²) >= 11 is 0. The van der Waals surface area contributed by atoms with E-state index in [0.717, 1.165) is 11.1 Å². The van der Waals surface area contributed by atoms with Gasteiger partial charge in [0, 0.05) is 25.6 Å². The molecule has 0 aliphatic carbocycles.